The molecule has 23 heavy (non-hydrogen) atoms. The molecule has 3 rings (SSSR count). The summed E-state index contributed by atoms with van der Waals surface area (Å²) in [6.45, 7) is 4.30. The maximum atomic E-state index is 11.4. The van der Waals surface area contributed by atoms with E-state index >= 15 is 0 Å². The number of aliphatic hydroxyl groups is 1. The van der Waals surface area contributed by atoms with Gasteiger partial charge in [-0.05, 0) is 24.3 Å². The Hall–Kier alpha value is -1.34. The van der Waals surface area contributed by atoms with Crippen molar-refractivity contribution in [3.8, 4) is 11.8 Å². The molecule has 0 spiro atoms. The number of nitrogens with zero attached hydrogens (tertiary/aromatic N) is 1. The monoisotopic (exact) mass is 313 g/mol. The van der Waals surface area contributed by atoms with E-state index in [2.05, 4.69) is 16.7 Å². The Kier molecular flexibility index (Phi) is 5.72. The largest absolute Gasteiger partial charge is 0.384 e. The lowest BCUT2D eigenvalue weighted by molar-refractivity contribution is -0.0173. The minimum Gasteiger partial charge on any atom is -0.384 e. The van der Waals surface area contributed by atoms with Gasteiger partial charge in [0.15, 0.2) is 0 Å². The fourth-order valence-electron chi connectivity index (χ4n) is 3.74. The minimum atomic E-state index is -0.796. The van der Waals surface area contributed by atoms with Crippen LogP contribution in [0.5, 0.6) is 0 Å². The quantitative estimate of drug-likeness (QED) is 0.868. The van der Waals surface area contributed by atoms with Gasteiger partial charge in [-0.1, -0.05) is 55.0 Å². The third-order valence-electron chi connectivity index (χ3n) is 5.19. The van der Waals surface area contributed by atoms with E-state index in [1.54, 1.807) is 0 Å². The second-order valence-electron chi connectivity index (χ2n) is 6.69. The van der Waals surface area contributed by atoms with Gasteiger partial charge < -0.3 is 9.84 Å². The third kappa shape index (κ3) is 4.14. The lowest BCUT2D eigenvalue weighted by atomic mass is 9.78. The Morgan fingerprint density at radius 1 is 1.09 bits per heavy atom. The molecule has 1 saturated heterocycles. The maximum Gasteiger partial charge on any atom is 0.103 e. The molecule has 3 nitrogen and oxygen atoms in total. The van der Waals surface area contributed by atoms with Crippen molar-refractivity contribution >= 4 is 0 Å². The molecule has 0 aromatic heterocycles. The van der Waals surface area contributed by atoms with Gasteiger partial charge in [0.2, 0.25) is 0 Å². The van der Waals surface area contributed by atoms with Crippen molar-refractivity contribution in [2.24, 2.45) is 5.92 Å². The molecular formula is C20H27NO2. The van der Waals surface area contributed by atoms with Crippen LogP contribution < -0.4 is 0 Å². The predicted molar refractivity (Wildman–Crippen MR) is 91.9 cm³/mol. The molecule has 1 aromatic rings. The molecule has 1 atom stereocenters. The van der Waals surface area contributed by atoms with E-state index in [1.165, 1.54) is 12.8 Å². The third-order valence-corrected chi connectivity index (χ3v) is 5.19. The number of rotatable bonds is 4. The molecule has 1 aromatic carbocycles. The van der Waals surface area contributed by atoms with Crippen molar-refractivity contribution in [3.05, 3.63) is 35.9 Å². The van der Waals surface area contributed by atoms with E-state index in [0.29, 0.717) is 12.3 Å². The van der Waals surface area contributed by atoms with E-state index < -0.39 is 5.60 Å². The van der Waals surface area contributed by atoms with Gasteiger partial charge >= 0.3 is 0 Å². The van der Waals surface area contributed by atoms with E-state index in [-0.39, 0.29) is 0 Å². The number of benzene rings is 1. The molecule has 124 valence electrons. The summed E-state index contributed by atoms with van der Waals surface area (Å²) in [6.07, 6.45) is 5.20. The molecule has 3 heteroatoms. The van der Waals surface area contributed by atoms with Crippen LogP contribution in [0.4, 0.5) is 0 Å². The van der Waals surface area contributed by atoms with Crippen LogP contribution in [0.1, 0.15) is 37.7 Å². The van der Waals surface area contributed by atoms with Crippen LogP contribution >= 0.6 is 0 Å². The Morgan fingerprint density at radius 2 is 1.78 bits per heavy atom. The molecule has 0 unspecified atom stereocenters. The first-order valence-corrected chi connectivity index (χ1v) is 8.83. The van der Waals surface area contributed by atoms with Crippen LogP contribution in [0.2, 0.25) is 0 Å². The summed E-state index contributed by atoms with van der Waals surface area (Å²) in [6, 6.07) is 10.1. The van der Waals surface area contributed by atoms with E-state index in [4.69, 9.17) is 4.74 Å². The first-order chi connectivity index (χ1) is 11.3. The molecule has 2 aliphatic rings. The minimum absolute atomic E-state index is 0.336. The second-order valence-corrected chi connectivity index (χ2v) is 6.69. The zero-order valence-corrected chi connectivity index (χ0v) is 13.8. The first kappa shape index (κ1) is 16.5. The first-order valence-electron chi connectivity index (χ1n) is 8.83. The Labute approximate surface area is 139 Å². The maximum absolute atomic E-state index is 11.4. The van der Waals surface area contributed by atoms with Crippen LogP contribution in [0.25, 0.3) is 0 Å². The van der Waals surface area contributed by atoms with E-state index in [1.807, 2.05) is 30.3 Å². The van der Waals surface area contributed by atoms with E-state index in [0.717, 1.165) is 51.3 Å². The highest BCUT2D eigenvalue weighted by molar-refractivity contribution is 5.26. The second kappa shape index (κ2) is 7.97. The van der Waals surface area contributed by atoms with Gasteiger partial charge in [-0.15, -0.1) is 0 Å². The molecule has 1 aliphatic carbocycles. The van der Waals surface area contributed by atoms with Gasteiger partial charge in [-0.25, -0.2) is 0 Å². The van der Waals surface area contributed by atoms with Crippen molar-refractivity contribution in [1.82, 2.24) is 4.90 Å². The Balaban J connectivity index is 1.67. The molecular weight excluding hydrogens is 286 g/mol. The molecule has 1 N–H and O–H groups in total. The van der Waals surface area contributed by atoms with Crippen molar-refractivity contribution in [3.63, 3.8) is 0 Å². The zero-order valence-electron chi connectivity index (χ0n) is 13.8. The van der Waals surface area contributed by atoms with Crippen LogP contribution in [-0.2, 0) is 10.3 Å². The van der Waals surface area contributed by atoms with Gasteiger partial charge in [0.05, 0.1) is 19.8 Å². The Morgan fingerprint density at radius 3 is 2.48 bits per heavy atom. The summed E-state index contributed by atoms with van der Waals surface area (Å²) in [4.78, 5) is 2.31. The molecule has 1 aliphatic heterocycles. The smallest absolute Gasteiger partial charge is 0.103 e. The van der Waals surface area contributed by atoms with Crippen molar-refractivity contribution in [2.75, 3.05) is 32.8 Å². The number of hydrogen-bond donors (Lipinski definition) is 1. The fourth-order valence-corrected chi connectivity index (χ4v) is 3.74. The highest BCUT2D eigenvalue weighted by Crippen LogP contribution is 2.42. The van der Waals surface area contributed by atoms with Crippen LogP contribution in [0.15, 0.2) is 30.3 Å². The predicted octanol–water partition coefficient (Wildman–Crippen LogP) is 2.79. The van der Waals surface area contributed by atoms with Crippen molar-refractivity contribution in [1.29, 1.82) is 0 Å². The van der Waals surface area contributed by atoms with Crippen molar-refractivity contribution < 1.29 is 9.84 Å². The van der Waals surface area contributed by atoms with Gasteiger partial charge in [0.1, 0.15) is 5.60 Å². The summed E-state index contributed by atoms with van der Waals surface area (Å²) in [5.74, 6) is 6.87. The van der Waals surface area contributed by atoms with E-state index in [9.17, 15) is 5.11 Å². The summed E-state index contributed by atoms with van der Waals surface area (Å²) in [5, 5.41) is 11.4. The molecule has 2 fully saturated rings. The van der Waals surface area contributed by atoms with Gasteiger partial charge in [-0.3, -0.25) is 4.90 Å². The van der Waals surface area contributed by atoms with Gasteiger partial charge in [-0.2, -0.15) is 0 Å². The number of hydrogen-bond acceptors (Lipinski definition) is 3. The van der Waals surface area contributed by atoms with Crippen molar-refractivity contribution in [2.45, 2.75) is 37.7 Å². The average molecular weight is 313 g/mol. The van der Waals surface area contributed by atoms with Crippen LogP contribution in [0, 0.1) is 17.8 Å². The molecule has 0 amide bonds. The average Bonchev–Trinajstić information content (AvgIpc) is 3.15. The zero-order chi connectivity index (χ0) is 16.0. The normalized spacial score (nSPS) is 22.3. The van der Waals surface area contributed by atoms with Crippen LogP contribution in [0.3, 0.4) is 0 Å². The van der Waals surface area contributed by atoms with Gasteiger partial charge in [0.25, 0.3) is 0 Å². The standard InChI is InChI=1S/C20H27NO2/c22-20(19-10-4-5-11-19,18-8-2-1-3-9-18)12-6-7-13-21-14-16-23-17-15-21/h1-3,8-9,19,22H,4-5,10-17H2/t20-/m1/s1. The molecule has 1 heterocycles. The highest BCUT2D eigenvalue weighted by Gasteiger charge is 2.39. The summed E-state index contributed by atoms with van der Waals surface area (Å²) in [5.41, 5.74) is 0.225. The highest BCUT2D eigenvalue weighted by atomic mass is 16.5. The lowest BCUT2D eigenvalue weighted by Gasteiger charge is -2.33. The van der Waals surface area contributed by atoms with Crippen LogP contribution in [-0.4, -0.2) is 42.9 Å². The lowest BCUT2D eigenvalue weighted by Crippen LogP contribution is -2.36. The molecule has 1 saturated carbocycles. The number of ether oxygens (including phenoxy) is 1. The fraction of sp³-hybridized carbons (Fsp3) is 0.600. The Bertz CT molecular complexity index is 536. The summed E-state index contributed by atoms with van der Waals surface area (Å²) >= 11 is 0. The molecule has 0 bridgehead atoms. The topological polar surface area (TPSA) is 32.7 Å². The number of morpholine rings is 1. The molecule has 0 radical (unpaired) electrons. The summed E-state index contributed by atoms with van der Waals surface area (Å²) in [7, 11) is 0. The SMILES string of the molecule is O[C@](CC#CCN1CCOCC1)(c1ccccc1)C1CCCC1. The van der Waals surface area contributed by atoms with Gasteiger partial charge in [0, 0.05) is 19.5 Å². The summed E-state index contributed by atoms with van der Waals surface area (Å²) < 4.78 is 5.36.